The SMILES string of the molecule is CC(C)(COC(=O)/C=C/c1ccc(OC(=O)c2ccc(OCC(F)(F)F)cc2)cc1)COC(=O)c1cc(N)cc(N)c1. The topological polar surface area (TPSA) is 140 Å². The fraction of sp³-hybridized carbons (Fsp3) is 0.233. The molecule has 4 N–H and O–H groups in total. The molecule has 12 heteroatoms. The van der Waals surface area contributed by atoms with Crippen molar-refractivity contribution >= 4 is 35.4 Å². The summed E-state index contributed by atoms with van der Waals surface area (Å²) >= 11 is 0. The summed E-state index contributed by atoms with van der Waals surface area (Å²) in [5.41, 5.74) is 12.4. The molecule has 3 rings (SSSR count). The van der Waals surface area contributed by atoms with Crippen LogP contribution in [0, 0.1) is 5.41 Å². The van der Waals surface area contributed by atoms with Crippen LogP contribution < -0.4 is 20.9 Å². The van der Waals surface area contributed by atoms with Gasteiger partial charge in [0.2, 0.25) is 0 Å². The molecule has 0 amide bonds. The number of hydrogen-bond donors (Lipinski definition) is 2. The Kier molecular flexibility index (Phi) is 10.2. The number of carbonyl (C=O) groups is 3. The second kappa shape index (κ2) is 13.6. The number of nitrogens with two attached hydrogens (primary N) is 2. The average Bonchev–Trinajstić information content (AvgIpc) is 2.93. The van der Waals surface area contributed by atoms with Crippen LogP contribution in [0.1, 0.15) is 40.1 Å². The van der Waals surface area contributed by atoms with Gasteiger partial charge in [0.25, 0.3) is 0 Å². The molecule has 0 saturated carbocycles. The summed E-state index contributed by atoms with van der Waals surface area (Å²) in [6.07, 6.45) is -1.74. The number of ether oxygens (including phenoxy) is 4. The molecule has 0 aromatic heterocycles. The van der Waals surface area contributed by atoms with Crippen molar-refractivity contribution in [2.75, 3.05) is 31.3 Å². The summed E-state index contributed by atoms with van der Waals surface area (Å²) < 4.78 is 57.2. The highest BCUT2D eigenvalue weighted by Crippen LogP contribution is 2.22. The predicted octanol–water partition coefficient (Wildman–Crippen LogP) is 5.45. The van der Waals surface area contributed by atoms with Gasteiger partial charge in [0, 0.05) is 22.9 Å². The Morgan fingerprint density at radius 3 is 1.90 bits per heavy atom. The number of halogens is 3. The van der Waals surface area contributed by atoms with E-state index < -0.39 is 36.1 Å². The molecule has 0 spiro atoms. The molecule has 0 aliphatic rings. The summed E-state index contributed by atoms with van der Waals surface area (Å²) in [4.78, 5) is 36.8. The average molecular weight is 587 g/mol. The van der Waals surface area contributed by atoms with E-state index in [1.54, 1.807) is 26.0 Å². The summed E-state index contributed by atoms with van der Waals surface area (Å²) in [6.45, 7) is 2.05. The van der Waals surface area contributed by atoms with E-state index in [4.69, 9.17) is 25.7 Å². The van der Waals surface area contributed by atoms with Crippen molar-refractivity contribution in [3.8, 4) is 11.5 Å². The Labute approximate surface area is 239 Å². The molecule has 0 aliphatic heterocycles. The normalized spacial score (nSPS) is 11.6. The van der Waals surface area contributed by atoms with E-state index in [1.807, 2.05) is 0 Å². The second-order valence-electron chi connectivity index (χ2n) is 9.96. The lowest BCUT2D eigenvalue weighted by atomic mass is 9.96. The van der Waals surface area contributed by atoms with Crippen LogP contribution in [0.4, 0.5) is 24.5 Å². The summed E-state index contributed by atoms with van der Waals surface area (Å²) in [6, 6.07) is 15.7. The number of benzene rings is 3. The standard InChI is InChI=1S/C30H29F3N2O7/c1-29(2,17-41-27(37)21-13-22(34)15-23(35)14-21)16-40-26(36)12-5-19-3-8-25(9-4-19)42-28(38)20-6-10-24(11-7-20)39-18-30(31,32)33/h3-15H,16-18,34-35H2,1-2H3/b12-5+. The number of anilines is 2. The highest BCUT2D eigenvalue weighted by Gasteiger charge is 2.28. The first-order chi connectivity index (χ1) is 19.7. The van der Waals surface area contributed by atoms with Crippen LogP contribution in [0.2, 0.25) is 0 Å². The van der Waals surface area contributed by atoms with E-state index in [9.17, 15) is 27.6 Å². The van der Waals surface area contributed by atoms with Crippen LogP contribution in [0.3, 0.4) is 0 Å². The first kappa shape index (κ1) is 31.5. The molecule has 0 saturated heterocycles. The number of esters is 3. The van der Waals surface area contributed by atoms with E-state index >= 15 is 0 Å². The number of nitrogen functional groups attached to an aromatic ring is 2. The zero-order chi connectivity index (χ0) is 30.9. The third-order valence-electron chi connectivity index (χ3n) is 5.41. The fourth-order valence-corrected chi connectivity index (χ4v) is 3.32. The Bertz CT molecular complexity index is 1410. The minimum Gasteiger partial charge on any atom is -0.484 e. The van der Waals surface area contributed by atoms with Gasteiger partial charge in [-0.2, -0.15) is 13.2 Å². The number of carbonyl (C=O) groups excluding carboxylic acids is 3. The summed E-state index contributed by atoms with van der Waals surface area (Å²) in [7, 11) is 0. The number of rotatable bonds is 11. The molecule has 0 heterocycles. The van der Waals surface area contributed by atoms with Crippen LogP contribution in [0.15, 0.2) is 72.8 Å². The van der Waals surface area contributed by atoms with E-state index in [0.717, 1.165) is 0 Å². The van der Waals surface area contributed by atoms with Crippen LogP contribution in [0.5, 0.6) is 11.5 Å². The lowest BCUT2D eigenvalue weighted by molar-refractivity contribution is -0.153. The van der Waals surface area contributed by atoms with Gasteiger partial charge in [0.1, 0.15) is 11.5 Å². The van der Waals surface area contributed by atoms with Gasteiger partial charge >= 0.3 is 24.1 Å². The molecule has 222 valence electrons. The first-order valence-electron chi connectivity index (χ1n) is 12.5. The molecule has 0 bridgehead atoms. The maximum atomic E-state index is 12.3. The van der Waals surface area contributed by atoms with Gasteiger partial charge in [-0.25, -0.2) is 14.4 Å². The van der Waals surface area contributed by atoms with E-state index in [-0.39, 0.29) is 35.8 Å². The molecule has 0 fully saturated rings. The van der Waals surface area contributed by atoms with Gasteiger partial charge < -0.3 is 30.4 Å². The molecule has 0 aliphatic carbocycles. The van der Waals surface area contributed by atoms with Crippen LogP contribution in [0.25, 0.3) is 6.08 Å². The Morgan fingerprint density at radius 1 is 0.738 bits per heavy atom. The van der Waals surface area contributed by atoms with Gasteiger partial charge in [-0.15, -0.1) is 0 Å². The molecule has 0 unspecified atom stereocenters. The fourth-order valence-electron chi connectivity index (χ4n) is 3.32. The lowest BCUT2D eigenvalue weighted by Crippen LogP contribution is -2.28. The van der Waals surface area contributed by atoms with Crippen molar-refractivity contribution in [3.63, 3.8) is 0 Å². The molecular weight excluding hydrogens is 557 g/mol. The van der Waals surface area contributed by atoms with Crippen molar-refractivity contribution in [2.45, 2.75) is 20.0 Å². The Morgan fingerprint density at radius 2 is 1.31 bits per heavy atom. The van der Waals surface area contributed by atoms with Crippen LogP contribution >= 0.6 is 0 Å². The highest BCUT2D eigenvalue weighted by atomic mass is 19.4. The molecular formula is C30H29F3N2O7. The van der Waals surface area contributed by atoms with Crippen molar-refractivity contribution in [1.82, 2.24) is 0 Å². The molecule has 0 radical (unpaired) electrons. The minimum absolute atomic E-state index is 0.0201. The second-order valence-corrected chi connectivity index (χ2v) is 9.96. The molecule has 3 aromatic carbocycles. The van der Waals surface area contributed by atoms with Crippen molar-refractivity contribution < 1.29 is 46.5 Å². The zero-order valence-corrected chi connectivity index (χ0v) is 22.8. The number of hydrogen-bond acceptors (Lipinski definition) is 9. The van der Waals surface area contributed by atoms with Gasteiger partial charge in [-0.05, 0) is 66.2 Å². The third-order valence-corrected chi connectivity index (χ3v) is 5.41. The zero-order valence-electron chi connectivity index (χ0n) is 22.8. The summed E-state index contributed by atoms with van der Waals surface area (Å²) in [5, 5.41) is 0. The monoisotopic (exact) mass is 586 g/mol. The van der Waals surface area contributed by atoms with Gasteiger partial charge in [0.05, 0.1) is 24.3 Å². The minimum atomic E-state index is -4.47. The Balaban J connectivity index is 1.44. The molecule has 0 atom stereocenters. The highest BCUT2D eigenvalue weighted by molar-refractivity contribution is 5.92. The van der Waals surface area contributed by atoms with Crippen molar-refractivity contribution in [3.05, 3.63) is 89.5 Å². The summed E-state index contributed by atoms with van der Waals surface area (Å²) in [5.74, 6) is -1.75. The maximum Gasteiger partial charge on any atom is 0.422 e. The smallest absolute Gasteiger partial charge is 0.422 e. The van der Waals surface area contributed by atoms with Gasteiger partial charge in [-0.3, -0.25) is 0 Å². The predicted molar refractivity (Wildman–Crippen MR) is 149 cm³/mol. The van der Waals surface area contributed by atoms with Crippen LogP contribution in [-0.2, 0) is 14.3 Å². The third kappa shape index (κ3) is 10.5. The Hall–Kier alpha value is -5.00. The van der Waals surface area contributed by atoms with Gasteiger partial charge in [-0.1, -0.05) is 26.0 Å². The number of alkyl halides is 3. The lowest BCUT2D eigenvalue weighted by Gasteiger charge is -2.23. The molecule has 42 heavy (non-hydrogen) atoms. The largest absolute Gasteiger partial charge is 0.484 e. The maximum absolute atomic E-state index is 12.3. The van der Waals surface area contributed by atoms with E-state index in [2.05, 4.69) is 4.74 Å². The van der Waals surface area contributed by atoms with E-state index in [0.29, 0.717) is 16.9 Å². The quantitative estimate of drug-likeness (QED) is 0.130. The first-order valence-corrected chi connectivity index (χ1v) is 12.5. The molecule has 3 aromatic rings. The molecule has 9 nitrogen and oxygen atoms in total. The van der Waals surface area contributed by atoms with Gasteiger partial charge in [0.15, 0.2) is 6.61 Å². The van der Waals surface area contributed by atoms with E-state index in [1.165, 1.54) is 66.7 Å². The van der Waals surface area contributed by atoms with Crippen molar-refractivity contribution in [1.29, 1.82) is 0 Å². The van der Waals surface area contributed by atoms with Crippen molar-refractivity contribution in [2.24, 2.45) is 5.41 Å². The van der Waals surface area contributed by atoms with Crippen LogP contribution in [-0.4, -0.2) is 43.9 Å².